The number of hydrogen-bond donors (Lipinski definition) is 0. The summed E-state index contributed by atoms with van der Waals surface area (Å²) in [6.07, 6.45) is 10.1. The summed E-state index contributed by atoms with van der Waals surface area (Å²) in [6, 6.07) is 4.03. The number of hydrogen-bond acceptors (Lipinski definition) is 4. The van der Waals surface area contributed by atoms with Gasteiger partial charge in [0.1, 0.15) is 5.82 Å². The van der Waals surface area contributed by atoms with Gasteiger partial charge in [-0.15, -0.1) is 0 Å². The van der Waals surface area contributed by atoms with E-state index in [0.717, 1.165) is 48.6 Å². The molecule has 0 aromatic carbocycles. The SMILES string of the molecule is CC(C)C(=O)N1CCCC(c2nc(C3CC3)ncc2-c2ccncc2)C1. The first kappa shape index (κ1) is 17.1. The van der Waals surface area contributed by atoms with Crippen LogP contribution in [0.4, 0.5) is 0 Å². The van der Waals surface area contributed by atoms with Gasteiger partial charge in [0.25, 0.3) is 0 Å². The molecule has 2 fully saturated rings. The number of carbonyl (C=O) groups excluding carboxylic acids is 1. The Bertz CT molecular complexity index is 786. The predicted octanol–water partition coefficient (Wildman–Crippen LogP) is 3.78. The zero-order chi connectivity index (χ0) is 18.1. The van der Waals surface area contributed by atoms with E-state index < -0.39 is 0 Å². The molecule has 1 saturated heterocycles. The standard InChI is InChI=1S/C21H26N4O/c1-14(2)21(26)25-11-3-4-17(13-25)19-18(15-7-9-22-10-8-15)12-23-20(24-19)16-5-6-16/h7-10,12,14,16-17H,3-6,11,13H2,1-2H3. The summed E-state index contributed by atoms with van der Waals surface area (Å²) in [6.45, 7) is 5.57. The molecule has 2 aliphatic rings. The maximum Gasteiger partial charge on any atom is 0.225 e. The summed E-state index contributed by atoms with van der Waals surface area (Å²) in [5, 5.41) is 0. The second kappa shape index (κ2) is 7.14. The molecule has 0 bridgehead atoms. The quantitative estimate of drug-likeness (QED) is 0.842. The summed E-state index contributed by atoms with van der Waals surface area (Å²) in [5.41, 5.74) is 3.29. The minimum absolute atomic E-state index is 0.0424. The van der Waals surface area contributed by atoms with Crippen molar-refractivity contribution >= 4 is 5.91 Å². The number of rotatable bonds is 4. The molecule has 5 heteroatoms. The highest BCUT2D eigenvalue weighted by Gasteiger charge is 2.31. The Morgan fingerprint density at radius 2 is 1.92 bits per heavy atom. The molecule has 0 radical (unpaired) electrons. The van der Waals surface area contributed by atoms with Crippen molar-refractivity contribution in [1.82, 2.24) is 19.9 Å². The van der Waals surface area contributed by atoms with Crippen molar-refractivity contribution in [3.8, 4) is 11.1 Å². The van der Waals surface area contributed by atoms with Crippen molar-refractivity contribution in [3.63, 3.8) is 0 Å². The highest BCUT2D eigenvalue weighted by Crippen LogP contribution is 2.40. The molecule has 1 aliphatic heterocycles. The fraction of sp³-hybridized carbons (Fsp3) is 0.524. The molecule has 5 nitrogen and oxygen atoms in total. The van der Waals surface area contributed by atoms with Crippen molar-refractivity contribution in [2.24, 2.45) is 5.92 Å². The van der Waals surface area contributed by atoms with Crippen LogP contribution in [-0.2, 0) is 4.79 Å². The molecule has 136 valence electrons. The van der Waals surface area contributed by atoms with Crippen molar-refractivity contribution in [2.45, 2.75) is 51.4 Å². The van der Waals surface area contributed by atoms with Gasteiger partial charge in [0.2, 0.25) is 5.91 Å². The molecular formula is C21H26N4O. The van der Waals surface area contributed by atoms with Gasteiger partial charge in [-0.1, -0.05) is 13.8 Å². The third kappa shape index (κ3) is 3.48. The number of amides is 1. The van der Waals surface area contributed by atoms with E-state index in [1.165, 1.54) is 12.8 Å². The zero-order valence-corrected chi connectivity index (χ0v) is 15.6. The molecular weight excluding hydrogens is 324 g/mol. The van der Waals surface area contributed by atoms with Crippen LogP contribution in [0.1, 0.15) is 62.9 Å². The van der Waals surface area contributed by atoms with Gasteiger partial charge in [0.05, 0.1) is 5.69 Å². The average molecular weight is 350 g/mol. The Hall–Kier alpha value is -2.30. The van der Waals surface area contributed by atoms with Crippen molar-refractivity contribution in [1.29, 1.82) is 0 Å². The maximum absolute atomic E-state index is 12.5. The van der Waals surface area contributed by atoms with Gasteiger partial charge in [-0.2, -0.15) is 0 Å². The Labute approximate surface area is 154 Å². The highest BCUT2D eigenvalue weighted by molar-refractivity contribution is 5.78. The molecule has 1 aliphatic carbocycles. The lowest BCUT2D eigenvalue weighted by molar-refractivity contribution is -0.135. The number of carbonyl (C=O) groups is 1. The fourth-order valence-electron chi connectivity index (χ4n) is 3.78. The Kier molecular flexibility index (Phi) is 4.70. The van der Waals surface area contributed by atoms with E-state index >= 15 is 0 Å². The first-order chi connectivity index (χ1) is 12.6. The van der Waals surface area contributed by atoms with Gasteiger partial charge >= 0.3 is 0 Å². The molecule has 1 amide bonds. The van der Waals surface area contributed by atoms with Crippen LogP contribution in [0.5, 0.6) is 0 Å². The predicted molar refractivity (Wildman–Crippen MR) is 101 cm³/mol. The Balaban J connectivity index is 1.69. The monoisotopic (exact) mass is 350 g/mol. The van der Waals surface area contributed by atoms with E-state index in [9.17, 15) is 4.79 Å². The van der Waals surface area contributed by atoms with Gasteiger partial charge in [-0.25, -0.2) is 9.97 Å². The molecule has 0 N–H and O–H groups in total. The van der Waals surface area contributed by atoms with E-state index in [-0.39, 0.29) is 17.7 Å². The van der Waals surface area contributed by atoms with Crippen LogP contribution in [0.3, 0.4) is 0 Å². The highest BCUT2D eigenvalue weighted by atomic mass is 16.2. The second-order valence-corrected chi connectivity index (χ2v) is 7.82. The Morgan fingerprint density at radius 1 is 1.15 bits per heavy atom. The number of pyridine rings is 1. The normalized spacial score (nSPS) is 20.4. The lowest BCUT2D eigenvalue weighted by Gasteiger charge is -2.34. The van der Waals surface area contributed by atoms with E-state index in [2.05, 4.69) is 9.97 Å². The second-order valence-electron chi connectivity index (χ2n) is 7.82. The van der Waals surface area contributed by atoms with Crippen LogP contribution in [0.2, 0.25) is 0 Å². The summed E-state index contributed by atoms with van der Waals surface area (Å²) in [4.78, 5) is 28.3. The van der Waals surface area contributed by atoms with Gasteiger partial charge in [0, 0.05) is 55.0 Å². The van der Waals surface area contributed by atoms with E-state index in [1.807, 2.05) is 49.5 Å². The largest absolute Gasteiger partial charge is 0.342 e. The van der Waals surface area contributed by atoms with E-state index in [0.29, 0.717) is 5.92 Å². The third-order valence-electron chi connectivity index (χ3n) is 5.38. The molecule has 1 saturated carbocycles. The van der Waals surface area contributed by atoms with Crippen molar-refractivity contribution in [3.05, 3.63) is 42.2 Å². The maximum atomic E-state index is 12.5. The van der Waals surface area contributed by atoms with Crippen LogP contribution in [0.25, 0.3) is 11.1 Å². The van der Waals surface area contributed by atoms with Crippen LogP contribution in [0.15, 0.2) is 30.7 Å². The zero-order valence-electron chi connectivity index (χ0n) is 15.6. The first-order valence-electron chi connectivity index (χ1n) is 9.69. The third-order valence-corrected chi connectivity index (χ3v) is 5.38. The van der Waals surface area contributed by atoms with Gasteiger partial charge in [0.15, 0.2) is 0 Å². The van der Waals surface area contributed by atoms with E-state index in [4.69, 9.17) is 4.98 Å². The number of aromatic nitrogens is 3. The molecule has 0 spiro atoms. The smallest absolute Gasteiger partial charge is 0.225 e. The van der Waals surface area contributed by atoms with Gasteiger partial charge < -0.3 is 4.90 Å². The molecule has 3 heterocycles. The topological polar surface area (TPSA) is 59.0 Å². The van der Waals surface area contributed by atoms with Gasteiger partial charge in [-0.3, -0.25) is 9.78 Å². The lowest BCUT2D eigenvalue weighted by atomic mass is 9.89. The van der Waals surface area contributed by atoms with Crippen LogP contribution >= 0.6 is 0 Å². The molecule has 1 atom stereocenters. The van der Waals surface area contributed by atoms with Gasteiger partial charge in [-0.05, 0) is 43.4 Å². The summed E-state index contributed by atoms with van der Waals surface area (Å²) in [5.74, 6) is 2.06. The van der Waals surface area contributed by atoms with Crippen LogP contribution in [0, 0.1) is 5.92 Å². The number of nitrogens with zero attached hydrogens (tertiary/aromatic N) is 4. The van der Waals surface area contributed by atoms with Crippen molar-refractivity contribution in [2.75, 3.05) is 13.1 Å². The van der Waals surface area contributed by atoms with E-state index in [1.54, 1.807) is 0 Å². The van der Waals surface area contributed by atoms with Crippen molar-refractivity contribution < 1.29 is 4.79 Å². The average Bonchev–Trinajstić information content (AvgIpc) is 3.53. The molecule has 1 unspecified atom stereocenters. The number of likely N-dealkylation sites (tertiary alicyclic amines) is 1. The minimum Gasteiger partial charge on any atom is -0.342 e. The summed E-state index contributed by atoms with van der Waals surface area (Å²) >= 11 is 0. The lowest BCUT2D eigenvalue weighted by Crippen LogP contribution is -2.41. The van der Waals surface area contributed by atoms with Crippen LogP contribution < -0.4 is 0 Å². The molecule has 4 rings (SSSR count). The summed E-state index contributed by atoms with van der Waals surface area (Å²) < 4.78 is 0. The first-order valence-corrected chi connectivity index (χ1v) is 9.69. The fourth-order valence-corrected chi connectivity index (χ4v) is 3.78. The van der Waals surface area contributed by atoms with Crippen LogP contribution in [-0.4, -0.2) is 38.8 Å². The molecule has 2 aromatic rings. The summed E-state index contributed by atoms with van der Waals surface area (Å²) in [7, 11) is 0. The molecule has 2 aromatic heterocycles. The Morgan fingerprint density at radius 3 is 2.62 bits per heavy atom. The number of piperidine rings is 1. The molecule has 26 heavy (non-hydrogen) atoms. The minimum atomic E-state index is 0.0424.